The molecule has 1 fully saturated rings. The van der Waals surface area contributed by atoms with E-state index >= 15 is 0 Å². The van der Waals surface area contributed by atoms with E-state index in [2.05, 4.69) is 15.1 Å². The van der Waals surface area contributed by atoms with Crippen LogP contribution in [0.5, 0.6) is 0 Å². The number of methoxy groups -OCH3 is 1. The van der Waals surface area contributed by atoms with Gasteiger partial charge in [0.05, 0.1) is 6.10 Å². The SMILES string of the molecule is COC1CCCC1OC(=O)CCc1c(C)nc2ncnn2c1C. The lowest BCUT2D eigenvalue weighted by atomic mass is 10.1. The predicted octanol–water partition coefficient (Wildman–Crippen LogP) is 1.78. The number of rotatable bonds is 5. The van der Waals surface area contributed by atoms with Crippen LogP contribution in [0.25, 0.3) is 5.78 Å². The predicted molar refractivity (Wildman–Crippen MR) is 83.1 cm³/mol. The second kappa shape index (κ2) is 6.62. The number of carbonyl (C=O) groups is 1. The van der Waals surface area contributed by atoms with Gasteiger partial charge in [0.15, 0.2) is 0 Å². The van der Waals surface area contributed by atoms with E-state index in [9.17, 15) is 4.79 Å². The van der Waals surface area contributed by atoms with Crippen molar-refractivity contribution in [1.82, 2.24) is 19.6 Å². The standard InChI is InChI=1S/C16H22N4O3/c1-10-12(11(2)20-16(19-10)17-9-18-20)7-8-15(21)23-14-6-4-5-13(14)22-3/h9,13-14H,4-8H2,1-3H3. The zero-order valence-electron chi connectivity index (χ0n) is 13.8. The third-order valence-electron chi connectivity index (χ3n) is 4.55. The van der Waals surface area contributed by atoms with E-state index in [1.54, 1.807) is 11.6 Å². The molecule has 1 saturated carbocycles. The van der Waals surface area contributed by atoms with Gasteiger partial charge in [-0.1, -0.05) is 0 Å². The summed E-state index contributed by atoms with van der Waals surface area (Å²) in [5.41, 5.74) is 2.87. The molecule has 2 unspecified atom stereocenters. The molecule has 7 nitrogen and oxygen atoms in total. The van der Waals surface area contributed by atoms with Crippen LogP contribution < -0.4 is 0 Å². The normalized spacial score (nSPS) is 21.0. The summed E-state index contributed by atoms with van der Waals surface area (Å²) in [6, 6.07) is 0. The van der Waals surface area contributed by atoms with Crippen molar-refractivity contribution in [3.63, 3.8) is 0 Å². The van der Waals surface area contributed by atoms with Crippen LogP contribution in [0.1, 0.15) is 42.6 Å². The average Bonchev–Trinajstić information content (AvgIpc) is 3.15. The van der Waals surface area contributed by atoms with E-state index in [0.717, 1.165) is 36.2 Å². The number of aromatic nitrogens is 4. The first-order valence-corrected chi connectivity index (χ1v) is 7.98. The number of ether oxygens (including phenoxy) is 2. The Balaban J connectivity index is 1.65. The Morgan fingerprint density at radius 3 is 2.91 bits per heavy atom. The van der Waals surface area contributed by atoms with E-state index in [1.807, 2.05) is 13.8 Å². The number of aryl methyl sites for hydroxylation is 2. The van der Waals surface area contributed by atoms with Crippen LogP contribution in [0.3, 0.4) is 0 Å². The molecule has 0 saturated heterocycles. The molecule has 2 heterocycles. The van der Waals surface area contributed by atoms with E-state index in [-0.39, 0.29) is 18.2 Å². The molecule has 0 aromatic carbocycles. The van der Waals surface area contributed by atoms with Crippen molar-refractivity contribution in [2.24, 2.45) is 0 Å². The zero-order valence-corrected chi connectivity index (χ0v) is 13.8. The van der Waals surface area contributed by atoms with Crippen molar-refractivity contribution in [2.45, 2.75) is 58.2 Å². The molecule has 1 aliphatic carbocycles. The highest BCUT2D eigenvalue weighted by Crippen LogP contribution is 2.25. The monoisotopic (exact) mass is 318 g/mol. The Morgan fingerprint density at radius 2 is 2.13 bits per heavy atom. The lowest BCUT2D eigenvalue weighted by molar-refractivity contribution is -0.154. The van der Waals surface area contributed by atoms with Crippen molar-refractivity contribution in [1.29, 1.82) is 0 Å². The van der Waals surface area contributed by atoms with Gasteiger partial charge < -0.3 is 9.47 Å². The van der Waals surface area contributed by atoms with Gasteiger partial charge in [-0.25, -0.2) is 9.50 Å². The molecule has 3 rings (SSSR count). The van der Waals surface area contributed by atoms with Crippen LogP contribution in [-0.4, -0.2) is 44.9 Å². The van der Waals surface area contributed by atoms with Gasteiger partial charge in [0, 0.05) is 24.9 Å². The summed E-state index contributed by atoms with van der Waals surface area (Å²) in [5.74, 6) is 0.400. The van der Waals surface area contributed by atoms with Crippen LogP contribution in [0, 0.1) is 13.8 Å². The molecule has 2 aromatic heterocycles. The van der Waals surface area contributed by atoms with Crippen molar-refractivity contribution >= 4 is 11.7 Å². The number of hydrogen-bond acceptors (Lipinski definition) is 6. The lowest BCUT2D eigenvalue weighted by Gasteiger charge is -2.19. The Bertz CT molecular complexity index is 713. The van der Waals surface area contributed by atoms with E-state index in [0.29, 0.717) is 18.6 Å². The number of carbonyl (C=O) groups excluding carboxylic acids is 1. The van der Waals surface area contributed by atoms with Gasteiger partial charge in [-0.15, -0.1) is 0 Å². The maximum absolute atomic E-state index is 12.1. The molecule has 0 amide bonds. The van der Waals surface area contributed by atoms with Gasteiger partial charge in [-0.2, -0.15) is 10.1 Å². The molecule has 0 radical (unpaired) electrons. The van der Waals surface area contributed by atoms with Gasteiger partial charge >= 0.3 is 5.97 Å². The van der Waals surface area contributed by atoms with Crippen molar-refractivity contribution in [3.05, 3.63) is 23.3 Å². The van der Waals surface area contributed by atoms with Gasteiger partial charge in [0.2, 0.25) is 0 Å². The van der Waals surface area contributed by atoms with Crippen LogP contribution in [0.2, 0.25) is 0 Å². The summed E-state index contributed by atoms with van der Waals surface area (Å²) < 4.78 is 12.6. The van der Waals surface area contributed by atoms with Crippen LogP contribution in [0.4, 0.5) is 0 Å². The Hall–Kier alpha value is -2.02. The minimum Gasteiger partial charge on any atom is -0.460 e. The fourth-order valence-corrected chi connectivity index (χ4v) is 3.27. The maximum atomic E-state index is 12.1. The molecule has 0 spiro atoms. The molecule has 23 heavy (non-hydrogen) atoms. The Labute approximate surface area is 135 Å². The first-order valence-electron chi connectivity index (χ1n) is 7.98. The first-order chi connectivity index (χ1) is 11.1. The van der Waals surface area contributed by atoms with Gasteiger partial charge in [0.1, 0.15) is 12.4 Å². The molecular weight excluding hydrogens is 296 g/mol. The van der Waals surface area contributed by atoms with Crippen LogP contribution >= 0.6 is 0 Å². The fraction of sp³-hybridized carbons (Fsp3) is 0.625. The third kappa shape index (κ3) is 3.19. The number of fused-ring (bicyclic) bond motifs is 1. The van der Waals surface area contributed by atoms with Gasteiger partial charge in [0.25, 0.3) is 5.78 Å². The largest absolute Gasteiger partial charge is 0.460 e. The minimum atomic E-state index is -0.184. The van der Waals surface area contributed by atoms with E-state index < -0.39 is 0 Å². The summed E-state index contributed by atoms with van der Waals surface area (Å²) in [6.07, 6.45) is 5.22. The number of esters is 1. The Kier molecular flexibility index (Phi) is 4.56. The second-order valence-electron chi connectivity index (χ2n) is 5.97. The molecule has 0 aliphatic heterocycles. The minimum absolute atomic E-state index is 0.0376. The number of hydrogen-bond donors (Lipinski definition) is 0. The molecule has 0 N–H and O–H groups in total. The highest BCUT2D eigenvalue weighted by atomic mass is 16.6. The van der Waals surface area contributed by atoms with E-state index in [1.165, 1.54) is 6.33 Å². The average molecular weight is 318 g/mol. The molecular formula is C16H22N4O3. The summed E-state index contributed by atoms with van der Waals surface area (Å²) >= 11 is 0. The quantitative estimate of drug-likeness (QED) is 0.782. The topological polar surface area (TPSA) is 78.6 Å². The van der Waals surface area contributed by atoms with E-state index in [4.69, 9.17) is 9.47 Å². The molecule has 124 valence electrons. The van der Waals surface area contributed by atoms with Crippen LogP contribution in [-0.2, 0) is 20.7 Å². The highest BCUT2D eigenvalue weighted by Gasteiger charge is 2.30. The summed E-state index contributed by atoms with van der Waals surface area (Å²) in [4.78, 5) is 20.7. The smallest absolute Gasteiger partial charge is 0.306 e. The second-order valence-corrected chi connectivity index (χ2v) is 5.97. The van der Waals surface area contributed by atoms with Crippen molar-refractivity contribution < 1.29 is 14.3 Å². The summed E-state index contributed by atoms with van der Waals surface area (Å²) in [5, 5.41) is 4.16. The van der Waals surface area contributed by atoms with Crippen molar-refractivity contribution in [3.8, 4) is 0 Å². The number of nitrogens with zero attached hydrogens (tertiary/aromatic N) is 4. The molecule has 2 aromatic rings. The molecule has 0 bridgehead atoms. The molecule has 2 atom stereocenters. The third-order valence-corrected chi connectivity index (χ3v) is 4.55. The lowest BCUT2D eigenvalue weighted by Crippen LogP contribution is -2.27. The zero-order chi connectivity index (χ0) is 16.4. The summed E-state index contributed by atoms with van der Waals surface area (Å²) in [6.45, 7) is 3.90. The van der Waals surface area contributed by atoms with Gasteiger partial charge in [-0.05, 0) is 45.1 Å². The van der Waals surface area contributed by atoms with Crippen molar-refractivity contribution in [2.75, 3.05) is 7.11 Å². The maximum Gasteiger partial charge on any atom is 0.306 e. The van der Waals surface area contributed by atoms with Crippen LogP contribution in [0.15, 0.2) is 6.33 Å². The highest BCUT2D eigenvalue weighted by molar-refractivity contribution is 5.70. The molecule has 7 heteroatoms. The Morgan fingerprint density at radius 1 is 1.35 bits per heavy atom. The first kappa shape index (κ1) is 15.9. The fourth-order valence-electron chi connectivity index (χ4n) is 3.27. The van der Waals surface area contributed by atoms with Gasteiger partial charge in [-0.3, -0.25) is 4.79 Å². The molecule has 1 aliphatic rings. The summed E-state index contributed by atoms with van der Waals surface area (Å²) in [7, 11) is 1.67.